The van der Waals surface area contributed by atoms with E-state index >= 15 is 0 Å². The standard InChI is InChI=1S/C23H31N3O2S/c1-28-21-9-7-19(8-10-21)23-24-20(17-29-23)16-25-11-13-26(14-12-25)22(27)15-18-5-3-2-4-6-18/h7-10,17-18H,2-6,11-16H2,1H3. The van der Waals surface area contributed by atoms with Crippen LogP contribution in [0, 0.1) is 5.92 Å². The minimum Gasteiger partial charge on any atom is -0.497 e. The number of piperazine rings is 1. The molecule has 0 atom stereocenters. The van der Waals surface area contributed by atoms with E-state index in [1.54, 1.807) is 18.4 Å². The fourth-order valence-corrected chi connectivity index (χ4v) is 5.21. The average molecular weight is 414 g/mol. The van der Waals surface area contributed by atoms with Gasteiger partial charge in [-0.15, -0.1) is 11.3 Å². The van der Waals surface area contributed by atoms with Gasteiger partial charge in [0.25, 0.3) is 0 Å². The highest BCUT2D eigenvalue weighted by atomic mass is 32.1. The molecule has 2 fully saturated rings. The molecule has 0 bridgehead atoms. The first kappa shape index (κ1) is 20.4. The van der Waals surface area contributed by atoms with Crippen LogP contribution in [0.3, 0.4) is 0 Å². The zero-order valence-electron chi connectivity index (χ0n) is 17.3. The molecule has 1 saturated carbocycles. The molecule has 1 amide bonds. The summed E-state index contributed by atoms with van der Waals surface area (Å²) in [4.78, 5) is 21.9. The third-order valence-corrected chi connectivity index (χ3v) is 7.13. The summed E-state index contributed by atoms with van der Waals surface area (Å²) in [6, 6.07) is 8.05. The highest BCUT2D eigenvalue weighted by molar-refractivity contribution is 7.13. The highest BCUT2D eigenvalue weighted by Crippen LogP contribution is 2.28. The minimum absolute atomic E-state index is 0.368. The summed E-state index contributed by atoms with van der Waals surface area (Å²) in [5.74, 6) is 1.86. The summed E-state index contributed by atoms with van der Waals surface area (Å²) in [5.41, 5.74) is 2.24. The molecule has 2 heterocycles. The van der Waals surface area contributed by atoms with Crippen LogP contribution >= 0.6 is 11.3 Å². The molecule has 156 valence electrons. The van der Waals surface area contributed by atoms with Crippen molar-refractivity contribution in [1.82, 2.24) is 14.8 Å². The first-order valence-electron chi connectivity index (χ1n) is 10.8. The molecular weight excluding hydrogens is 382 g/mol. The Labute approximate surface area is 177 Å². The van der Waals surface area contributed by atoms with Gasteiger partial charge in [0, 0.05) is 50.1 Å². The highest BCUT2D eigenvalue weighted by Gasteiger charge is 2.24. The number of ether oxygens (including phenoxy) is 1. The van der Waals surface area contributed by atoms with Crippen LogP contribution in [0.4, 0.5) is 0 Å². The largest absolute Gasteiger partial charge is 0.497 e. The van der Waals surface area contributed by atoms with Crippen LogP contribution in [-0.4, -0.2) is 54.0 Å². The van der Waals surface area contributed by atoms with E-state index in [4.69, 9.17) is 9.72 Å². The number of hydrogen-bond acceptors (Lipinski definition) is 5. The number of aromatic nitrogens is 1. The van der Waals surface area contributed by atoms with E-state index in [1.165, 1.54) is 32.1 Å². The van der Waals surface area contributed by atoms with Gasteiger partial charge in [-0.05, 0) is 43.0 Å². The van der Waals surface area contributed by atoms with Crippen molar-refractivity contribution in [3.8, 4) is 16.3 Å². The molecule has 4 rings (SSSR count). The Bertz CT molecular complexity index is 791. The normalized spacial score (nSPS) is 18.7. The van der Waals surface area contributed by atoms with E-state index in [-0.39, 0.29) is 0 Å². The van der Waals surface area contributed by atoms with Gasteiger partial charge < -0.3 is 9.64 Å². The second kappa shape index (κ2) is 9.72. The van der Waals surface area contributed by atoms with Crippen LogP contribution in [0.1, 0.15) is 44.2 Å². The Hall–Kier alpha value is -1.92. The van der Waals surface area contributed by atoms with Crippen molar-refractivity contribution in [2.45, 2.75) is 45.1 Å². The van der Waals surface area contributed by atoms with Crippen molar-refractivity contribution in [3.63, 3.8) is 0 Å². The number of benzene rings is 1. The molecule has 29 heavy (non-hydrogen) atoms. The lowest BCUT2D eigenvalue weighted by Gasteiger charge is -2.35. The SMILES string of the molecule is COc1ccc(-c2nc(CN3CCN(C(=O)CC4CCCCC4)CC3)cs2)cc1. The maximum atomic E-state index is 12.6. The Kier molecular flexibility index (Phi) is 6.82. The molecule has 2 aromatic rings. The number of carbonyl (C=O) groups is 1. The van der Waals surface area contributed by atoms with Gasteiger partial charge in [0.05, 0.1) is 12.8 Å². The van der Waals surface area contributed by atoms with Gasteiger partial charge in [0.2, 0.25) is 5.91 Å². The third kappa shape index (κ3) is 5.37. The summed E-state index contributed by atoms with van der Waals surface area (Å²) >= 11 is 1.69. The Balaban J connectivity index is 1.25. The van der Waals surface area contributed by atoms with Crippen LogP contribution in [0.2, 0.25) is 0 Å². The molecule has 1 aliphatic carbocycles. The first-order chi connectivity index (χ1) is 14.2. The quantitative estimate of drug-likeness (QED) is 0.703. The van der Waals surface area contributed by atoms with Gasteiger partial charge in [0.1, 0.15) is 10.8 Å². The summed E-state index contributed by atoms with van der Waals surface area (Å²) in [7, 11) is 1.68. The average Bonchev–Trinajstić information content (AvgIpc) is 3.23. The fraction of sp³-hybridized carbons (Fsp3) is 0.565. The molecule has 2 aliphatic rings. The molecule has 1 aromatic carbocycles. The second-order valence-electron chi connectivity index (χ2n) is 8.24. The first-order valence-corrected chi connectivity index (χ1v) is 11.7. The van der Waals surface area contributed by atoms with E-state index < -0.39 is 0 Å². The summed E-state index contributed by atoms with van der Waals surface area (Å²) < 4.78 is 5.23. The number of methoxy groups -OCH3 is 1. The predicted octanol–water partition coefficient (Wildman–Crippen LogP) is 4.43. The van der Waals surface area contributed by atoms with Crippen LogP contribution in [-0.2, 0) is 11.3 Å². The lowest BCUT2D eigenvalue weighted by Crippen LogP contribution is -2.48. The van der Waals surface area contributed by atoms with Crippen molar-refractivity contribution in [1.29, 1.82) is 0 Å². The third-order valence-electron chi connectivity index (χ3n) is 6.19. The van der Waals surface area contributed by atoms with E-state index in [9.17, 15) is 4.79 Å². The number of thiazole rings is 1. The van der Waals surface area contributed by atoms with Crippen LogP contribution in [0.5, 0.6) is 5.75 Å². The van der Waals surface area contributed by atoms with Gasteiger partial charge in [0.15, 0.2) is 0 Å². The smallest absolute Gasteiger partial charge is 0.222 e. The molecule has 0 N–H and O–H groups in total. The Morgan fingerprint density at radius 2 is 1.83 bits per heavy atom. The topological polar surface area (TPSA) is 45.7 Å². The monoisotopic (exact) mass is 413 g/mol. The number of rotatable bonds is 6. The molecule has 1 saturated heterocycles. The number of nitrogens with zero attached hydrogens (tertiary/aromatic N) is 3. The lowest BCUT2D eigenvalue weighted by atomic mass is 9.86. The molecule has 1 aliphatic heterocycles. The molecule has 1 aromatic heterocycles. The van der Waals surface area contributed by atoms with Crippen LogP contribution < -0.4 is 4.74 Å². The second-order valence-corrected chi connectivity index (χ2v) is 9.10. The maximum Gasteiger partial charge on any atom is 0.222 e. The molecule has 5 nitrogen and oxygen atoms in total. The van der Waals surface area contributed by atoms with Crippen LogP contribution in [0.25, 0.3) is 10.6 Å². The Morgan fingerprint density at radius 1 is 1.10 bits per heavy atom. The number of hydrogen-bond donors (Lipinski definition) is 0. The van der Waals surface area contributed by atoms with Crippen molar-refractivity contribution in [2.24, 2.45) is 5.92 Å². The van der Waals surface area contributed by atoms with Gasteiger partial charge in [-0.2, -0.15) is 0 Å². The van der Waals surface area contributed by atoms with Crippen molar-refractivity contribution in [2.75, 3.05) is 33.3 Å². The molecule has 0 radical (unpaired) electrons. The Morgan fingerprint density at radius 3 is 2.52 bits per heavy atom. The predicted molar refractivity (Wildman–Crippen MR) is 117 cm³/mol. The maximum absolute atomic E-state index is 12.6. The number of carbonyl (C=O) groups excluding carboxylic acids is 1. The molecule has 0 unspecified atom stereocenters. The fourth-order valence-electron chi connectivity index (χ4n) is 4.40. The van der Waals surface area contributed by atoms with Gasteiger partial charge >= 0.3 is 0 Å². The minimum atomic E-state index is 0.368. The summed E-state index contributed by atoms with van der Waals surface area (Å²) in [5, 5.41) is 3.20. The van der Waals surface area contributed by atoms with Crippen molar-refractivity contribution in [3.05, 3.63) is 35.3 Å². The van der Waals surface area contributed by atoms with E-state index in [1.807, 2.05) is 12.1 Å². The molecular formula is C23H31N3O2S. The summed E-state index contributed by atoms with van der Waals surface area (Å²) in [6.45, 7) is 4.43. The molecule has 6 heteroatoms. The zero-order chi connectivity index (χ0) is 20.1. The lowest BCUT2D eigenvalue weighted by molar-refractivity contribution is -0.134. The van der Waals surface area contributed by atoms with Crippen molar-refractivity contribution >= 4 is 17.2 Å². The van der Waals surface area contributed by atoms with E-state index in [2.05, 4.69) is 27.3 Å². The summed E-state index contributed by atoms with van der Waals surface area (Å²) in [6.07, 6.45) is 7.20. The zero-order valence-corrected chi connectivity index (χ0v) is 18.1. The molecule has 0 spiro atoms. The van der Waals surface area contributed by atoms with Gasteiger partial charge in [-0.25, -0.2) is 4.98 Å². The van der Waals surface area contributed by atoms with E-state index in [0.717, 1.165) is 61.2 Å². The van der Waals surface area contributed by atoms with Crippen molar-refractivity contribution < 1.29 is 9.53 Å². The van der Waals surface area contributed by atoms with Crippen LogP contribution in [0.15, 0.2) is 29.6 Å². The number of amides is 1. The van der Waals surface area contributed by atoms with Gasteiger partial charge in [-0.1, -0.05) is 19.3 Å². The van der Waals surface area contributed by atoms with Gasteiger partial charge in [-0.3, -0.25) is 9.69 Å². The van der Waals surface area contributed by atoms with E-state index in [0.29, 0.717) is 11.8 Å².